The van der Waals surface area contributed by atoms with Crippen LogP contribution in [0.1, 0.15) is 37.7 Å². The van der Waals surface area contributed by atoms with E-state index in [4.69, 9.17) is 0 Å². The summed E-state index contributed by atoms with van der Waals surface area (Å²) in [5, 5.41) is 11.9. The van der Waals surface area contributed by atoms with E-state index in [0.29, 0.717) is 62.2 Å². The van der Waals surface area contributed by atoms with Gasteiger partial charge in [0.15, 0.2) is 5.65 Å². The Morgan fingerprint density at radius 3 is 2.40 bits per heavy atom. The van der Waals surface area contributed by atoms with Gasteiger partial charge in [-0.25, -0.2) is 9.37 Å². The Labute approximate surface area is 242 Å². The third kappa shape index (κ3) is 5.34. The second-order valence-corrected chi connectivity index (χ2v) is 11.5. The Hall–Kier alpha value is -4.31. The van der Waals surface area contributed by atoms with Crippen molar-refractivity contribution in [1.29, 1.82) is 0 Å². The molecule has 2 saturated heterocycles. The number of amides is 2. The van der Waals surface area contributed by atoms with Gasteiger partial charge in [-0.1, -0.05) is 30.3 Å². The number of aromatic nitrogens is 3. The van der Waals surface area contributed by atoms with Crippen LogP contribution in [0.3, 0.4) is 0 Å². The standard InChI is InChI=1S/C32H34FN5O4/c1-22(39)36-15-11-26(28(19-36)23-5-3-2-4-6-23)30(40)35-17-13-32(42,14-18-35)20-37-21-34-29-27(31(37)41)12-16-38(29)25-9-7-24(33)8-10-25/h2-10,12,16,21,26,28,42H,11,13-15,17-20H2,1H3/t26-,28+/m1/s1. The Bertz CT molecular complexity index is 1660. The first kappa shape index (κ1) is 27.8. The molecular formula is C32H34FN5O4. The number of hydrogen-bond acceptors (Lipinski definition) is 5. The highest BCUT2D eigenvalue weighted by Crippen LogP contribution is 2.35. The third-order valence-corrected chi connectivity index (χ3v) is 8.85. The van der Waals surface area contributed by atoms with Crippen LogP contribution in [0.4, 0.5) is 4.39 Å². The number of piperidine rings is 2. The topological polar surface area (TPSA) is 101 Å². The van der Waals surface area contributed by atoms with Gasteiger partial charge in [0, 0.05) is 56.8 Å². The Morgan fingerprint density at radius 2 is 1.71 bits per heavy atom. The summed E-state index contributed by atoms with van der Waals surface area (Å²) in [6.45, 7) is 3.46. The van der Waals surface area contributed by atoms with Crippen molar-refractivity contribution in [3.63, 3.8) is 0 Å². The van der Waals surface area contributed by atoms with E-state index in [9.17, 15) is 23.9 Å². The van der Waals surface area contributed by atoms with Gasteiger partial charge in [-0.05, 0) is 55.2 Å². The number of halogens is 1. The van der Waals surface area contributed by atoms with Gasteiger partial charge < -0.3 is 19.5 Å². The number of carbonyl (C=O) groups excluding carboxylic acids is 2. The predicted molar refractivity (Wildman–Crippen MR) is 156 cm³/mol. The van der Waals surface area contributed by atoms with Crippen molar-refractivity contribution in [2.75, 3.05) is 26.2 Å². The molecule has 42 heavy (non-hydrogen) atoms. The maximum absolute atomic E-state index is 13.8. The van der Waals surface area contributed by atoms with Gasteiger partial charge in [0.05, 0.1) is 17.5 Å². The molecule has 2 aliphatic rings. The fraction of sp³-hybridized carbons (Fsp3) is 0.375. The molecule has 0 bridgehead atoms. The van der Waals surface area contributed by atoms with Crippen LogP contribution in [0.15, 0.2) is 78.0 Å². The molecule has 2 fully saturated rings. The first-order chi connectivity index (χ1) is 20.2. The quantitative estimate of drug-likeness (QED) is 0.396. The number of aliphatic hydroxyl groups is 1. The normalized spacial score (nSPS) is 20.5. The third-order valence-electron chi connectivity index (χ3n) is 8.85. The summed E-state index contributed by atoms with van der Waals surface area (Å²) in [6.07, 6.45) is 4.42. The van der Waals surface area contributed by atoms with Gasteiger partial charge >= 0.3 is 0 Å². The molecule has 4 heterocycles. The van der Waals surface area contributed by atoms with Crippen LogP contribution < -0.4 is 5.56 Å². The SMILES string of the molecule is CC(=O)N1CC[C@@H](C(=O)N2CCC(O)(Cn3cnc4c(ccn4-c4ccc(F)cc4)c3=O)CC2)[C@H](c2ccccc2)C1. The van der Waals surface area contributed by atoms with E-state index in [0.717, 1.165) is 5.56 Å². The summed E-state index contributed by atoms with van der Waals surface area (Å²) in [5.74, 6) is -0.610. The molecule has 0 saturated carbocycles. The summed E-state index contributed by atoms with van der Waals surface area (Å²) in [6, 6.07) is 17.5. The summed E-state index contributed by atoms with van der Waals surface area (Å²) in [5.41, 5.74) is 0.764. The minimum absolute atomic E-state index is 0.0137. The second kappa shape index (κ2) is 11.2. The predicted octanol–water partition coefficient (Wildman–Crippen LogP) is 3.33. The van der Waals surface area contributed by atoms with E-state index in [2.05, 4.69) is 4.98 Å². The van der Waals surface area contributed by atoms with Crippen molar-refractivity contribution in [2.24, 2.45) is 5.92 Å². The molecule has 6 rings (SSSR count). The molecule has 1 N–H and O–H groups in total. The van der Waals surface area contributed by atoms with E-state index in [1.165, 1.54) is 23.0 Å². The zero-order chi connectivity index (χ0) is 29.4. The molecule has 0 radical (unpaired) electrons. The maximum atomic E-state index is 13.8. The largest absolute Gasteiger partial charge is 0.388 e. The number of carbonyl (C=O) groups is 2. The van der Waals surface area contributed by atoms with E-state index < -0.39 is 5.60 Å². The maximum Gasteiger partial charge on any atom is 0.262 e. The molecule has 0 spiro atoms. The van der Waals surface area contributed by atoms with Crippen molar-refractivity contribution in [3.05, 3.63) is 94.9 Å². The lowest BCUT2D eigenvalue weighted by atomic mass is 9.79. The van der Waals surface area contributed by atoms with E-state index >= 15 is 0 Å². The molecule has 2 aromatic heterocycles. The van der Waals surface area contributed by atoms with Crippen LogP contribution in [0.5, 0.6) is 0 Å². The first-order valence-corrected chi connectivity index (χ1v) is 14.4. The van der Waals surface area contributed by atoms with E-state index in [-0.39, 0.29) is 41.6 Å². The Morgan fingerprint density at radius 1 is 1.00 bits per heavy atom. The van der Waals surface area contributed by atoms with Gasteiger partial charge in [-0.15, -0.1) is 0 Å². The average molecular weight is 572 g/mol. The molecule has 2 aliphatic heterocycles. The molecule has 9 nitrogen and oxygen atoms in total. The molecule has 4 aromatic rings. The van der Waals surface area contributed by atoms with Gasteiger partial charge in [-0.2, -0.15) is 0 Å². The van der Waals surface area contributed by atoms with E-state index in [1.54, 1.807) is 35.9 Å². The second-order valence-electron chi connectivity index (χ2n) is 11.5. The number of likely N-dealkylation sites (tertiary alicyclic amines) is 2. The highest BCUT2D eigenvalue weighted by molar-refractivity contribution is 5.81. The van der Waals surface area contributed by atoms with Gasteiger partial charge in [-0.3, -0.25) is 19.0 Å². The summed E-state index contributed by atoms with van der Waals surface area (Å²) in [4.78, 5) is 47.3. The van der Waals surface area contributed by atoms with Crippen molar-refractivity contribution in [3.8, 4) is 5.69 Å². The smallest absolute Gasteiger partial charge is 0.262 e. The average Bonchev–Trinajstić information content (AvgIpc) is 3.44. The minimum Gasteiger partial charge on any atom is -0.388 e. The highest BCUT2D eigenvalue weighted by Gasteiger charge is 2.41. The Kier molecular flexibility index (Phi) is 7.40. The Balaban J connectivity index is 1.15. The zero-order valence-electron chi connectivity index (χ0n) is 23.5. The fourth-order valence-corrected chi connectivity index (χ4v) is 6.40. The zero-order valence-corrected chi connectivity index (χ0v) is 23.5. The fourth-order valence-electron chi connectivity index (χ4n) is 6.40. The molecule has 0 aliphatic carbocycles. The summed E-state index contributed by atoms with van der Waals surface area (Å²) < 4.78 is 16.5. The van der Waals surface area contributed by atoms with Crippen molar-refractivity contribution in [1.82, 2.24) is 23.9 Å². The highest BCUT2D eigenvalue weighted by atomic mass is 19.1. The van der Waals surface area contributed by atoms with Crippen LogP contribution in [0.2, 0.25) is 0 Å². The molecule has 218 valence electrons. The lowest BCUT2D eigenvalue weighted by molar-refractivity contribution is -0.145. The first-order valence-electron chi connectivity index (χ1n) is 14.4. The van der Waals surface area contributed by atoms with Gasteiger partial charge in [0.1, 0.15) is 12.1 Å². The monoisotopic (exact) mass is 571 g/mol. The molecule has 0 unspecified atom stereocenters. The van der Waals surface area contributed by atoms with Crippen molar-refractivity contribution >= 4 is 22.8 Å². The summed E-state index contributed by atoms with van der Waals surface area (Å²) in [7, 11) is 0. The molecule has 2 atom stereocenters. The van der Waals surface area contributed by atoms with Crippen LogP contribution in [-0.4, -0.2) is 72.6 Å². The van der Waals surface area contributed by atoms with Crippen molar-refractivity contribution < 1.29 is 19.1 Å². The number of rotatable bonds is 5. The number of benzene rings is 2. The van der Waals surface area contributed by atoms with Crippen LogP contribution >= 0.6 is 0 Å². The van der Waals surface area contributed by atoms with Gasteiger partial charge in [0.25, 0.3) is 5.56 Å². The number of nitrogens with zero attached hydrogens (tertiary/aromatic N) is 5. The van der Waals surface area contributed by atoms with Crippen LogP contribution in [0, 0.1) is 11.7 Å². The van der Waals surface area contributed by atoms with Crippen LogP contribution in [-0.2, 0) is 16.1 Å². The number of fused-ring (bicyclic) bond motifs is 1. The van der Waals surface area contributed by atoms with Gasteiger partial charge in [0.2, 0.25) is 11.8 Å². The lowest BCUT2D eigenvalue weighted by Crippen LogP contribution is -2.53. The molecule has 10 heteroatoms. The lowest BCUT2D eigenvalue weighted by Gasteiger charge is -2.43. The minimum atomic E-state index is -1.16. The van der Waals surface area contributed by atoms with Crippen LogP contribution in [0.25, 0.3) is 16.7 Å². The van der Waals surface area contributed by atoms with Crippen molar-refractivity contribution in [2.45, 2.75) is 44.2 Å². The molecule has 2 amide bonds. The molecule has 2 aromatic carbocycles. The molecular weight excluding hydrogens is 537 g/mol. The number of hydrogen-bond donors (Lipinski definition) is 1. The summed E-state index contributed by atoms with van der Waals surface area (Å²) >= 11 is 0. The van der Waals surface area contributed by atoms with E-state index in [1.807, 2.05) is 40.1 Å².